The summed E-state index contributed by atoms with van der Waals surface area (Å²) in [7, 11) is 1.69. The molecule has 0 aromatic heterocycles. The van der Waals surface area contributed by atoms with Crippen molar-refractivity contribution in [1.29, 1.82) is 0 Å². The van der Waals surface area contributed by atoms with Crippen LogP contribution < -0.4 is 16.2 Å². The van der Waals surface area contributed by atoms with E-state index in [0.29, 0.717) is 0 Å². The first-order valence-corrected chi connectivity index (χ1v) is 6.12. The number of hydrogen-bond acceptors (Lipinski definition) is 3. The minimum Gasteiger partial charge on any atom is -0.496 e. The number of nitrogens with two attached hydrogens (primary N) is 2. The lowest BCUT2D eigenvalue weighted by molar-refractivity contribution is 0.401. The summed E-state index contributed by atoms with van der Waals surface area (Å²) >= 11 is 0. The molecule has 2 atom stereocenters. The van der Waals surface area contributed by atoms with Crippen molar-refractivity contribution in [2.45, 2.75) is 45.7 Å². The maximum absolute atomic E-state index is 6.24. The molecule has 0 aliphatic heterocycles. The maximum atomic E-state index is 6.24. The first-order valence-electron chi connectivity index (χ1n) is 6.12. The molecular weight excluding hydrogens is 212 g/mol. The van der Waals surface area contributed by atoms with Gasteiger partial charge in [0, 0.05) is 17.6 Å². The number of aryl methyl sites for hydroxylation is 2. The third-order valence-electron chi connectivity index (χ3n) is 3.02. The maximum Gasteiger partial charge on any atom is 0.124 e. The lowest BCUT2D eigenvalue weighted by Gasteiger charge is -2.19. The summed E-state index contributed by atoms with van der Waals surface area (Å²) < 4.78 is 5.42. The van der Waals surface area contributed by atoms with Crippen LogP contribution in [0.2, 0.25) is 0 Å². The predicted molar refractivity (Wildman–Crippen MR) is 72.3 cm³/mol. The second-order valence-corrected chi connectivity index (χ2v) is 4.86. The summed E-state index contributed by atoms with van der Waals surface area (Å²) in [4.78, 5) is 0. The molecule has 0 aliphatic rings. The highest BCUT2D eigenvalue weighted by Crippen LogP contribution is 2.31. The third kappa shape index (κ3) is 3.72. The topological polar surface area (TPSA) is 61.3 Å². The van der Waals surface area contributed by atoms with Gasteiger partial charge in [0.05, 0.1) is 7.11 Å². The average Bonchev–Trinajstić information content (AvgIpc) is 2.24. The largest absolute Gasteiger partial charge is 0.496 e. The van der Waals surface area contributed by atoms with Gasteiger partial charge in [0.15, 0.2) is 0 Å². The van der Waals surface area contributed by atoms with Gasteiger partial charge in [-0.1, -0.05) is 6.07 Å². The fourth-order valence-corrected chi connectivity index (χ4v) is 2.17. The van der Waals surface area contributed by atoms with Gasteiger partial charge < -0.3 is 16.2 Å². The Morgan fingerprint density at radius 3 is 2.35 bits per heavy atom. The Morgan fingerprint density at radius 2 is 1.82 bits per heavy atom. The van der Waals surface area contributed by atoms with Crippen LogP contribution in [0.25, 0.3) is 0 Å². The summed E-state index contributed by atoms with van der Waals surface area (Å²) in [6.45, 7) is 6.15. The average molecular weight is 236 g/mol. The van der Waals surface area contributed by atoms with E-state index in [9.17, 15) is 0 Å². The van der Waals surface area contributed by atoms with E-state index < -0.39 is 0 Å². The van der Waals surface area contributed by atoms with Crippen molar-refractivity contribution in [1.82, 2.24) is 0 Å². The van der Waals surface area contributed by atoms with Crippen molar-refractivity contribution in [3.63, 3.8) is 0 Å². The van der Waals surface area contributed by atoms with E-state index in [0.717, 1.165) is 24.2 Å². The molecule has 0 spiro atoms. The number of hydrogen-bond donors (Lipinski definition) is 2. The predicted octanol–water partition coefficient (Wildman–Crippen LogP) is 2.44. The van der Waals surface area contributed by atoms with E-state index in [1.807, 2.05) is 13.0 Å². The Labute approximate surface area is 104 Å². The molecule has 17 heavy (non-hydrogen) atoms. The van der Waals surface area contributed by atoms with Crippen LogP contribution in [0.15, 0.2) is 12.1 Å². The van der Waals surface area contributed by atoms with Crippen LogP contribution >= 0.6 is 0 Å². The molecule has 2 unspecified atom stereocenters. The third-order valence-corrected chi connectivity index (χ3v) is 3.02. The van der Waals surface area contributed by atoms with E-state index in [4.69, 9.17) is 16.2 Å². The van der Waals surface area contributed by atoms with Crippen LogP contribution in [0, 0.1) is 13.8 Å². The fraction of sp³-hybridized carbons (Fsp3) is 0.571. The van der Waals surface area contributed by atoms with Gasteiger partial charge in [0.25, 0.3) is 0 Å². The highest BCUT2D eigenvalue weighted by molar-refractivity contribution is 5.44. The lowest BCUT2D eigenvalue weighted by atomic mass is 9.94. The highest BCUT2D eigenvalue weighted by atomic mass is 16.5. The zero-order valence-electron chi connectivity index (χ0n) is 11.3. The second kappa shape index (κ2) is 6.03. The summed E-state index contributed by atoms with van der Waals surface area (Å²) in [5.41, 5.74) is 15.5. The van der Waals surface area contributed by atoms with Crippen molar-refractivity contribution >= 4 is 0 Å². The SMILES string of the molecule is COc1cc(C)cc(C)c1C(N)CCC(C)N. The molecule has 1 aromatic carbocycles. The van der Waals surface area contributed by atoms with Gasteiger partial charge in [0.1, 0.15) is 5.75 Å². The summed E-state index contributed by atoms with van der Waals surface area (Å²) in [6.07, 6.45) is 1.82. The molecule has 0 bridgehead atoms. The monoisotopic (exact) mass is 236 g/mol. The van der Waals surface area contributed by atoms with E-state index in [1.54, 1.807) is 7.11 Å². The summed E-state index contributed by atoms with van der Waals surface area (Å²) in [5, 5.41) is 0. The van der Waals surface area contributed by atoms with E-state index in [2.05, 4.69) is 19.9 Å². The summed E-state index contributed by atoms with van der Waals surface area (Å²) in [5.74, 6) is 0.889. The van der Waals surface area contributed by atoms with Gasteiger partial charge in [-0.05, 0) is 50.8 Å². The number of ether oxygens (including phenoxy) is 1. The van der Waals surface area contributed by atoms with Crippen LogP contribution in [0.5, 0.6) is 5.75 Å². The van der Waals surface area contributed by atoms with Gasteiger partial charge in [-0.3, -0.25) is 0 Å². The Bertz CT molecular complexity index is 375. The van der Waals surface area contributed by atoms with Crippen LogP contribution in [-0.4, -0.2) is 13.2 Å². The molecule has 3 heteroatoms. The summed E-state index contributed by atoms with van der Waals surface area (Å²) in [6, 6.07) is 4.37. The van der Waals surface area contributed by atoms with Gasteiger partial charge >= 0.3 is 0 Å². The van der Waals surface area contributed by atoms with Crippen molar-refractivity contribution in [2.75, 3.05) is 7.11 Å². The van der Waals surface area contributed by atoms with Crippen LogP contribution in [-0.2, 0) is 0 Å². The quantitative estimate of drug-likeness (QED) is 0.825. The van der Waals surface area contributed by atoms with Gasteiger partial charge in [-0.2, -0.15) is 0 Å². The van der Waals surface area contributed by atoms with Crippen LogP contribution in [0.3, 0.4) is 0 Å². The van der Waals surface area contributed by atoms with Gasteiger partial charge in [0.2, 0.25) is 0 Å². The van der Waals surface area contributed by atoms with Crippen LogP contribution in [0.4, 0.5) is 0 Å². The second-order valence-electron chi connectivity index (χ2n) is 4.86. The molecule has 0 amide bonds. The normalized spacial score (nSPS) is 14.5. The molecule has 0 heterocycles. The molecule has 4 N–H and O–H groups in total. The Morgan fingerprint density at radius 1 is 1.18 bits per heavy atom. The van der Waals surface area contributed by atoms with Crippen LogP contribution in [0.1, 0.15) is 42.5 Å². The molecule has 1 rings (SSSR count). The minimum absolute atomic E-state index is 0.00319. The van der Waals surface area contributed by atoms with E-state index >= 15 is 0 Å². The standard InChI is InChI=1S/C14H24N2O/c1-9-7-10(2)14(13(8-9)17-4)12(16)6-5-11(3)15/h7-8,11-12H,5-6,15-16H2,1-4H3. The Hall–Kier alpha value is -1.06. The fourth-order valence-electron chi connectivity index (χ4n) is 2.17. The smallest absolute Gasteiger partial charge is 0.124 e. The van der Waals surface area contributed by atoms with Crippen molar-refractivity contribution in [3.05, 3.63) is 28.8 Å². The van der Waals surface area contributed by atoms with E-state index in [-0.39, 0.29) is 12.1 Å². The Kier molecular flexibility index (Phi) is 4.97. The number of benzene rings is 1. The van der Waals surface area contributed by atoms with Crippen molar-refractivity contribution in [2.24, 2.45) is 11.5 Å². The first-order chi connectivity index (χ1) is 7.95. The van der Waals surface area contributed by atoms with E-state index in [1.165, 1.54) is 11.1 Å². The van der Waals surface area contributed by atoms with Gasteiger partial charge in [-0.15, -0.1) is 0 Å². The first kappa shape index (κ1) is 14.0. The van der Waals surface area contributed by atoms with Crippen molar-refractivity contribution in [3.8, 4) is 5.75 Å². The molecular formula is C14H24N2O. The molecule has 0 saturated heterocycles. The molecule has 0 aliphatic carbocycles. The zero-order valence-corrected chi connectivity index (χ0v) is 11.3. The molecule has 1 aromatic rings. The lowest BCUT2D eigenvalue weighted by Crippen LogP contribution is -2.20. The minimum atomic E-state index is -0.00319. The number of rotatable bonds is 5. The molecule has 0 radical (unpaired) electrons. The molecule has 96 valence electrons. The highest BCUT2D eigenvalue weighted by Gasteiger charge is 2.15. The molecule has 0 saturated carbocycles. The Balaban J connectivity index is 2.95. The number of methoxy groups -OCH3 is 1. The molecule has 3 nitrogen and oxygen atoms in total. The van der Waals surface area contributed by atoms with Gasteiger partial charge in [-0.25, -0.2) is 0 Å². The molecule has 0 fully saturated rings. The zero-order chi connectivity index (χ0) is 13.0. The van der Waals surface area contributed by atoms with Crippen molar-refractivity contribution < 1.29 is 4.74 Å².